The second-order valence-electron chi connectivity index (χ2n) is 5.77. The van der Waals surface area contributed by atoms with Crippen LogP contribution in [0, 0.1) is 5.92 Å². The van der Waals surface area contributed by atoms with Gasteiger partial charge in [0.1, 0.15) is 11.5 Å². The standard InChI is InChI=1S/C16H23NO5S/c1-21-14-8-13(9-15(10-14)22-2)16(18)17-6-3-4-12-5-7-23(19,20)11-12/h8-10,12H,3-7,11H2,1-2H3,(H,17,18). The van der Waals surface area contributed by atoms with E-state index < -0.39 is 9.84 Å². The van der Waals surface area contributed by atoms with Gasteiger partial charge < -0.3 is 14.8 Å². The summed E-state index contributed by atoms with van der Waals surface area (Å²) in [5.41, 5.74) is 0.477. The van der Waals surface area contributed by atoms with Crippen molar-refractivity contribution in [2.45, 2.75) is 19.3 Å². The number of sulfone groups is 1. The Labute approximate surface area is 137 Å². The van der Waals surface area contributed by atoms with Gasteiger partial charge in [-0.25, -0.2) is 8.42 Å². The highest BCUT2D eigenvalue weighted by atomic mass is 32.2. The first-order valence-corrected chi connectivity index (χ1v) is 9.47. The van der Waals surface area contributed by atoms with Gasteiger partial charge in [-0.15, -0.1) is 0 Å². The smallest absolute Gasteiger partial charge is 0.251 e. The van der Waals surface area contributed by atoms with Gasteiger partial charge in [0.15, 0.2) is 9.84 Å². The molecule has 1 N–H and O–H groups in total. The lowest BCUT2D eigenvalue weighted by Gasteiger charge is -2.10. The number of hydrogen-bond acceptors (Lipinski definition) is 5. The third-order valence-corrected chi connectivity index (χ3v) is 5.85. The molecule has 1 amide bonds. The van der Waals surface area contributed by atoms with Crippen molar-refractivity contribution in [3.05, 3.63) is 23.8 Å². The molecule has 2 rings (SSSR count). The number of amides is 1. The number of carbonyl (C=O) groups is 1. The van der Waals surface area contributed by atoms with Crippen LogP contribution >= 0.6 is 0 Å². The zero-order valence-electron chi connectivity index (χ0n) is 13.5. The van der Waals surface area contributed by atoms with Gasteiger partial charge >= 0.3 is 0 Å². The summed E-state index contributed by atoms with van der Waals surface area (Å²) in [5.74, 6) is 1.74. The van der Waals surface area contributed by atoms with Gasteiger partial charge in [0.05, 0.1) is 25.7 Å². The van der Waals surface area contributed by atoms with E-state index in [2.05, 4.69) is 5.32 Å². The van der Waals surface area contributed by atoms with E-state index in [-0.39, 0.29) is 17.6 Å². The van der Waals surface area contributed by atoms with Crippen molar-refractivity contribution in [1.29, 1.82) is 0 Å². The third kappa shape index (κ3) is 5.13. The van der Waals surface area contributed by atoms with Gasteiger partial charge in [-0.3, -0.25) is 4.79 Å². The highest BCUT2D eigenvalue weighted by Gasteiger charge is 2.27. The van der Waals surface area contributed by atoms with Crippen LogP contribution < -0.4 is 14.8 Å². The number of nitrogens with one attached hydrogen (secondary N) is 1. The molecular weight excluding hydrogens is 318 g/mol. The molecule has 1 aromatic carbocycles. The number of carbonyl (C=O) groups excluding carboxylic acids is 1. The molecule has 0 radical (unpaired) electrons. The summed E-state index contributed by atoms with van der Waals surface area (Å²) < 4.78 is 33.1. The molecule has 1 fully saturated rings. The summed E-state index contributed by atoms with van der Waals surface area (Å²) in [4.78, 5) is 12.2. The molecule has 1 aromatic rings. The van der Waals surface area contributed by atoms with Crippen LogP contribution in [0.15, 0.2) is 18.2 Å². The maximum absolute atomic E-state index is 12.2. The Kier molecular flexibility index (Phi) is 5.87. The molecule has 0 aliphatic carbocycles. The maximum atomic E-state index is 12.2. The number of ether oxygens (including phenoxy) is 2. The summed E-state index contributed by atoms with van der Waals surface area (Å²) in [6.45, 7) is 0.523. The van der Waals surface area contributed by atoms with Crippen LogP contribution in [0.1, 0.15) is 29.6 Å². The molecule has 0 aromatic heterocycles. The fraction of sp³-hybridized carbons (Fsp3) is 0.562. The van der Waals surface area contributed by atoms with E-state index in [1.807, 2.05) is 0 Å². The van der Waals surface area contributed by atoms with Gasteiger partial charge in [0.25, 0.3) is 5.91 Å². The Hall–Kier alpha value is -1.76. The minimum Gasteiger partial charge on any atom is -0.497 e. The van der Waals surface area contributed by atoms with Crippen molar-refractivity contribution in [3.63, 3.8) is 0 Å². The average molecular weight is 341 g/mol. The second-order valence-corrected chi connectivity index (χ2v) is 8.00. The van der Waals surface area contributed by atoms with Crippen LogP contribution in [0.3, 0.4) is 0 Å². The van der Waals surface area contributed by atoms with Crippen molar-refractivity contribution in [3.8, 4) is 11.5 Å². The van der Waals surface area contributed by atoms with E-state index in [4.69, 9.17) is 9.47 Å². The largest absolute Gasteiger partial charge is 0.497 e. The van der Waals surface area contributed by atoms with Crippen molar-refractivity contribution in [1.82, 2.24) is 5.32 Å². The van der Waals surface area contributed by atoms with E-state index in [1.165, 1.54) is 14.2 Å². The summed E-state index contributed by atoms with van der Waals surface area (Å²) in [5, 5.41) is 2.85. The monoisotopic (exact) mass is 341 g/mol. The third-order valence-electron chi connectivity index (χ3n) is 4.02. The van der Waals surface area contributed by atoms with Crippen molar-refractivity contribution < 1.29 is 22.7 Å². The van der Waals surface area contributed by atoms with Crippen LogP contribution in [-0.2, 0) is 9.84 Å². The molecule has 0 spiro atoms. The maximum Gasteiger partial charge on any atom is 0.251 e. The predicted octanol–water partition coefficient (Wildman–Crippen LogP) is 1.65. The quantitative estimate of drug-likeness (QED) is 0.763. The first-order valence-electron chi connectivity index (χ1n) is 7.65. The minimum absolute atomic E-state index is 0.193. The van der Waals surface area contributed by atoms with Gasteiger partial charge in [0.2, 0.25) is 0 Å². The van der Waals surface area contributed by atoms with E-state index in [9.17, 15) is 13.2 Å². The lowest BCUT2D eigenvalue weighted by Crippen LogP contribution is -2.25. The number of benzene rings is 1. The molecule has 1 aliphatic heterocycles. The van der Waals surface area contributed by atoms with Crippen LogP contribution in [0.25, 0.3) is 0 Å². The Bertz CT molecular complexity index is 634. The lowest BCUT2D eigenvalue weighted by molar-refractivity contribution is 0.0951. The van der Waals surface area contributed by atoms with Gasteiger partial charge in [-0.1, -0.05) is 0 Å². The summed E-state index contributed by atoms with van der Waals surface area (Å²) in [7, 11) is 0.245. The Morgan fingerprint density at radius 2 is 1.87 bits per heavy atom. The van der Waals surface area contributed by atoms with E-state index in [1.54, 1.807) is 18.2 Å². The first kappa shape index (κ1) is 17.6. The highest BCUT2D eigenvalue weighted by Crippen LogP contribution is 2.23. The van der Waals surface area contributed by atoms with Crippen molar-refractivity contribution >= 4 is 15.7 Å². The van der Waals surface area contributed by atoms with E-state index in [0.717, 1.165) is 19.3 Å². The molecule has 128 valence electrons. The molecule has 6 nitrogen and oxygen atoms in total. The zero-order chi connectivity index (χ0) is 16.9. The zero-order valence-corrected chi connectivity index (χ0v) is 14.3. The van der Waals surface area contributed by atoms with Crippen LogP contribution in [0.5, 0.6) is 11.5 Å². The Balaban J connectivity index is 1.81. The van der Waals surface area contributed by atoms with E-state index >= 15 is 0 Å². The van der Waals surface area contributed by atoms with Gasteiger partial charge in [-0.2, -0.15) is 0 Å². The van der Waals surface area contributed by atoms with Crippen LogP contribution in [-0.4, -0.2) is 46.6 Å². The van der Waals surface area contributed by atoms with E-state index in [0.29, 0.717) is 29.4 Å². The van der Waals surface area contributed by atoms with Gasteiger partial charge in [-0.05, 0) is 37.3 Å². The number of hydrogen-bond donors (Lipinski definition) is 1. The van der Waals surface area contributed by atoms with Gasteiger partial charge in [0, 0.05) is 18.2 Å². The molecular formula is C16H23NO5S. The summed E-state index contributed by atoms with van der Waals surface area (Å²) in [6, 6.07) is 5.01. The number of rotatable bonds is 7. The van der Waals surface area contributed by atoms with Crippen LogP contribution in [0.4, 0.5) is 0 Å². The van der Waals surface area contributed by atoms with Crippen LogP contribution in [0.2, 0.25) is 0 Å². The molecule has 0 bridgehead atoms. The fourth-order valence-corrected chi connectivity index (χ4v) is 4.64. The molecule has 1 saturated heterocycles. The first-order chi connectivity index (χ1) is 10.9. The SMILES string of the molecule is COc1cc(OC)cc(C(=O)NCCCC2CCS(=O)(=O)C2)c1. The predicted molar refractivity (Wildman–Crippen MR) is 87.9 cm³/mol. The summed E-state index contributed by atoms with van der Waals surface area (Å²) >= 11 is 0. The summed E-state index contributed by atoms with van der Waals surface area (Å²) in [6.07, 6.45) is 2.33. The lowest BCUT2D eigenvalue weighted by atomic mass is 10.0. The fourth-order valence-electron chi connectivity index (χ4n) is 2.73. The van der Waals surface area contributed by atoms with Crippen molar-refractivity contribution in [2.24, 2.45) is 5.92 Å². The Morgan fingerprint density at radius 3 is 2.39 bits per heavy atom. The molecule has 1 aliphatic rings. The number of methoxy groups -OCH3 is 2. The minimum atomic E-state index is -2.82. The molecule has 1 heterocycles. The normalized spacial score (nSPS) is 19.3. The molecule has 7 heteroatoms. The topological polar surface area (TPSA) is 81.7 Å². The Morgan fingerprint density at radius 1 is 1.22 bits per heavy atom. The molecule has 23 heavy (non-hydrogen) atoms. The highest BCUT2D eigenvalue weighted by molar-refractivity contribution is 7.91. The molecule has 1 atom stereocenters. The van der Waals surface area contributed by atoms with Crippen molar-refractivity contribution in [2.75, 3.05) is 32.3 Å². The average Bonchev–Trinajstić information content (AvgIpc) is 2.89. The molecule has 1 unspecified atom stereocenters. The second kappa shape index (κ2) is 7.68. The molecule has 0 saturated carbocycles.